The topological polar surface area (TPSA) is 37.8 Å². The van der Waals surface area contributed by atoms with Crippen molar-refractivity contribution >= 4 is 35.8 Å². The lowest BCUT2D eigenvalue weighted by molar-refractivity contribution is 0.429. The zero-order valence-electron chi connectivity index (χ0n) is 9.78. The Hall–Kier alpha value is -0.0300. The Kier molecular flexibility index (Phi) is 6.55. The Morgan fingerprint density at radius 3 is 2.94 bits per heavy atom. The van der Waals surface area contributed by atoms with Crippen LogP contribution in [0.2, 0.25) is 5.15 Å². The number of aromatic nitrogens is 2. The molecule has 96 valence electrons. The molecule has 1 fully saturated rings. The Morgan fingerprint density at radius 2 is 2.29 bits per heavy atom. The van der Waals surface area contributed by atoms with Gasteiger partial charge in [0, 0.05) is 17.5 Å². The third kappa shape index (κ3) is 5.00. The Bertz CT molecular complexity index is 336. The SMILES string of the molecule is Cc1cc(Cl)nc(SCC2CCCCN2)n1.Cl. The summed E-state index contributed by atoms with van der Waals surface area (Å²) in [4.78, 5) is 8.57. The molecule has 0 aromatic carbocycles. The van der Waals surface area contributed by atoms with E-state index in [1.165, 1.54) is 19.3 Å². The van der Waals surface area contributed by atoms with Gasteiger partial charge in [-0.1, -0.05) is 29.8 Å². The van der Waals surface area contributed by atoms with E-state index < -0.39 is 0 Å². The number of piperidine rings is 1. The molecule has 1 saturated heterocycles. The van der Waals surface area contributed by atoms with Gasteiger partial charge in [-0.3, -0.25) is 0 Å². The van der Waals surface area contributed by atoms with E-state index in [1.807, 2.05) is 6.92 Å². The summed E-state index contributed by atoms with van der Waals surface area (Å²) < 4.78 is 0. The van der Waals surface area contributed by atoms with Crippen LogP contribution in [0.25, 0.3) is 0 Å². The Balaban J connectivity index is 0.00000144. The van der Waals surface area contributed by atoms with Crippen LogP contribution in [0.4, 0.5) is 0 Å². The minimum atomic E-state index is 0. The highest BCUT2D eigenvalue weighted by Gasteiger charge is 2.13. The van der Waals surface area contributed by atoms with Crippen LogP contribution in [0.3, 0.4) is 0 Å². The molecule has 17 heavy (non-hydrogen) atoms. The molecule has 1 atom stereocenters. The van der Waals surface area contributed by atoms with E-state index in [0.717, 1.165) is 23.1 Å². The maximum atomic E-state index is 5.89. The quantitative estimate of drug-likeness (QED) is 0.528. The predicted molar refractivity (Wildman–Crippen MR) is 75.4 cm³/mol. The van der Waals surface area contributed by atoms with Crippen molar-refractivity contribution in [2.75, 3.05) is 12.3 Å². The molecular formula is C11H17Cl2N3S. The van der Waals surface area contributed by atoms with Crippen LogP contribution in [0.1, 0.15) is 25.0 Å². The molecule has 1 unspecified atom stereocenters. The van der Waals surface area contributed by atoms with Crippen molar-refractivity contribution in [1.82, 2.24) is 15.3 Å². The third-order valence-electron chi connectivity index (χ3n) is 2.63. The number of hydrogen-bond donors (Lipinski definition) is 1. The van der Waals surface area contributed by atoms with Gasteiger partial charge in [-0.25, -0.2) is 9.97 Å². The molecule has 1 N–H and O–H groups in total. The van der Waals surface area contributed by atoms with Crippen LogP contribution < -0.4 is 5.32 Å². The average molecular weight is 294 g/mol. The van der Waals surface area contributed by atoms with E-state index in [9.17, 15) is 0 Å². The molecule has 0 radical (unpaired) electrons. The highest BCUT2D eigenvalue weighted by atomic mass is 35.5. The van der Waals surface area contributed by atoms with Crippen LogP contribution in [0.5, 0.6) is 0 Å². The first-order valence-electron chi connectivity index (χ1n) is 5.61. The Morgan fingerprint density at radius 1 is 1.47 bits per heavy atom. The summed E-state index contributed by atoms with van der Waals surface area (Å²) in [5.41, 5.74) is 0.930. The van der Waals surface area contributed by atoms with E-state index >= 15 is 0 Å². The van der Waals surface area contributed by atoms with Crippen molar-refractivity contribution in [2.45, 2.75) is 37.4 Å². The number of hydrogen-bond acceptors (Lipinski definition) is 4. The van der Waals surface area contributed by atoms with E-state index in [1.54, 1.807) is 17.8 Å². The first-order valence-corrected chi connectivity index (χ1v) is 6.98. The highest BCUT2D eigenvalue weighted by molar-refractivity contribution is 7.99. The lowest BCUT2D eigenvalue weighted by atomic mass is 10.1. The summed E-state index contributed by atoms with van der Waals surface area (Å²) in [6.45, 7) is 3.08. The molecular weight excluding hydrogens is 277 g/mol. The normalized spacial score (nSPS) is 19.8. The number of nitrogens with zero attached hydrogens (tertiary/aromatic N) is 2. The fourth-order valence-corrected chi connectivity index (χ4v) is 3.10. The van der Waals surface area contributed by atoms with Crippen LogP contribution in [0.15, 0.2) is 11.2 Å². The van der Waals surface area contributed by atoms with Gasteiger partial charge in [-0.15, -0.1) is 12.4 Å². The van der Waals surface area contributed by atoms with Gasteiger partial charge in [0.15, 0.2) is 5.16 Å². The van der Waals surface area contributed by atoms with E-state index in [0.29, 0.717) is 11.2 Å². The minimum absolute atomic E-state index is 0. The molecule has 0 saturated carbocycles. The van der Waals surface area contributed by atoms with Crippen molar-refractivity contribution in [3.8, 4) is 0 Å². The average Bonchev–Trinajstić information content (AvgIpc) is 2.27. The number of aryl methyl sites for hydroxylation is 1. The molecule has 2 rings (SSSR count). The van der Waals surface area contributed by atoms with Crippen LogP contribution in [-0.2, 0) is 0 Å². The van der Waals surface area contributed by atoms with E-state index in [2.05, 4.69) is 15.3 Å². The van der Waals surface area contributed by atoms with Crippen molar-refractivity contribution in [3.05, 3.63) is 16.9 Å². The van der Waals surface area contributed by atoms with Gasteiger partial charge in [0.25, 0.3) is 0 Å². The molecule has 1 aliphatic heterocycles. The fourth-order valence-electron chi connectivity index (χ4n) is 1.81. The molecule has 1 aliphatic rings. The van der Waals surface area contributed by atoms with Gasteiger partial charge in [0.1, 0.15) is 5.15 Å². The highest BCUT2D eigenvalue weighted by Crippen LogP contribution is 2.20. The predicted octanol–water partition coefficient (Wildman–Crippen LogP) is 3.09. The second kappa shape index (κ2) is 7.41. The smallest absolute Gasteiger partial charge is 0.189 e. The zero-order valence-corrected chi connectivity index (χ0v) is 12.2. The summed E-state index contributed by atoms with van der Waals surface area (Å²) >= 11 is 7.58. The molecule has 0 amide bonds. The molecule has 2 heterocycles. The van der Waals surface area contributed by atoms with Crippen LogP contribution in [-0.4, -0.2) is 28.3 Å². The van der Waals surface area contributed by atoms with Gasteiger partial charge in [0.2, 0.25) is 0 Å². The molecule has 6 heteroatoms. The first-order chi connectivity index (χ1) is 7.74. The number of thioether (sulfide) groups is 1. The summed E-state index contributed by atoms with van der Waals surface area (Å²) in [6, 6.07) is 2.38. The van der Waals surface area contributed by atoms with Crippen molar-refractivity contribution < 1.29 is 0 Å². The van der Waals surface area contributed by atoms with Gasteiger partial charge >= 0.3 is 0 Å². The van der Waals surface area contributed by atoms with Gasteiger partial charge in [0.05, 0.1) is 0 Å². The number of halogens is 2. The second-order valence-electron chi connectivity index (χ2n) is 4.07. The molecule has 1 aromatic rings. The van der Waals surface area contributed by atoms with Crippen molar-refractivity contribution in [1.29, 1.82) is 0 Å². The third-order valence-corrected chi connectivity index (χ3v) is 3.83. The van der Waals surface area contributed by atoms with Crippen molar-refractivity contribution in [3.63, 3.8) is 0 Å². The Labute approximate surface area is 118 Å². The lowest BCUT2D eigenvalue weighted by Crippen LogP contribution is -2.35. The fraction of sp³-hybridized carbons (Fsp3) is 0.636. The monoisotopic (exact) mass is 293 g/mol. The largest absolute Gasteiger partial charge is 0.313 e. The second-order valence-corrected chi connectivity index (χ2v) is 5.45. The number of rotatable bonds is 3. The van der Waals surface area contributed by atoms with Gasteiger partial charge in [-0.2, -0.15) is 0 Å². The lowest BCUT2D eigenvalue weighted by Gasteiger charge is -2.22. The summed E-state index contributed by atoms with van der Waals surface area (Å²) in [6.07, 6.45) is 3.88. The number of nitrogens with one attached hydrogen (secondary N) is 1. The minimum Gasteiger partial charge on any atom is -0.313 e. The van der Waals surface area contributed by atoms with E-state index in [-0.39, 0.29) is 12.4 Å². The summed E-state index contributed by atoms with van der Waals surface area (Å²) in [5.74, 6) is 1.03. The molecule has 0 aliphatic carbocycles. The maximum Gasteiger partial charge on any atom is 0.189 e. The molecule has 0 bridgehead atoms. The van der Waals surface area contributed by atoms with Gasteiger partial charge in [-0.05, 0) is 32.4 Å². The van der Waals surface area contributed by atoms with Gasteiger partial charge < -0.3 is 5.32 Å². The molecule has 1 aromatic heterocycles. The standard InChI is InChI=1S/C11H16ClN3S.ClH/c1-8-6-10(12)15-11(14-8)16-7-9-4-2-3-5-13-9;/h6,9,13H,2-5,7H2,1H3;1H. The van der Waals surface area contributed by atoms with Crippen LogP contribution >= 0.6 is 35.8 Å². The maximum absolute atomic E-state index is 5.89. The molecule has 0 spiro atoms. The van der Waals surface area contributed by atoms with Crippen LogP contribution in [0, 0.1) is 6.92 Å². The van der Waals surface area contributed by atoms with E-state index in [4.69, 9.17) is 11.6 Å². The molecule has 3 nitrogen and oxygen atoms in total. The summed E-state index contributed by atoms with van der Waals surface area (Å²) in [7, 11) is 0. The van der Waals surface area contributed by atoms with Crippen molar-refractivity contribution in [2.24, 2.45) is 0 Å². The first kappa shape index (κ1) is 15.0. The zero-order chi connectivity index (χ0) is 11.4. The summed E-state index contributed by atoms with van der Waals surface area (Å²) in [5, 5.41) is 4.83.